The Bertz CT molecular complexity index is 920. The number of esters is 1. The second kappa shape index (κ2) is 7.17. The van der Waals surface area contributed by atoms with Gasteiger partial charge in [0.25, 0.3) is 11.1 Å². The zero-order valence-corrected chi connectivity index (χ0v) is 14.7. The number of thioether (sulfide) groups is 1. The van der Waals surface area contributed by atoms with E-state index in [0.717, 1.165) is 4.90 Å². The minimum atomic E-state index is -1.02. The van der Waals surface area contributed by atoms with E-state index in [2.05, 4.69) is 4.74 Å². The summed E-state index contributed by atoms with van der Waals surface area (Å²) in [5, 5.41) is -0.559. The molecular weight excluding hydrogens is 361 g/mol. The Labute approximate surface area is 152 Å². The number of ether oxygens (including phenoxy) is 1. The summed E-state index contributed by atoms with van der Waals surface area (Å²) >= 11 is 0.711. The van der Waals surface area contributed by atoms with Crippen LogP contribution in [-0.2, 0) is 14.3 Å². The molecule has 0 aliphatic carbocycles. The Kier molecular flexibility index (Phi) is 4.94. The molecule has 2 amide bonds. The molecule has 0 radical (unpaired) electrons. The minimum Gasteiger partial charge on any atom is -0.467 e. The van der Waals surface area contributed by atoms with Crippen molar-refractivity contribution < 1.29 is 27.9 Å². The fourth-order valence-corrected chi connectivity index (χ4v) is 3.33. The number of benzene rings is 1. The lowest BCUT2D eigenvalue weighted by atomic mass is 10.2. The Balaban J connectivity index is 1.84. The van der Waals surface area contributed by atoms with Gasteiger partial charge < -0.3 is 9.15 Å². The third-order valence-corrected chi connectivity index (χ3v) is 4.65. The summed E-state index contributed by atoms with van der Waals surface area (Å²) in [4.78, 5) is 37.1. The molecule has 0 unspecified atom stereocenters. The first kappa shape index (κ1) is 17.9. The highest BCUT2D eigenvalue weighted by atomic mass is 32.2. The van der Waals surface area contributed by atoms with Crippen LogP contribution < -0.4 is 0 Å². The van der Waals surface area contributed by atoms with Crippen LogP contribution in [0.1, 0.15) is 12.7 Å². The normalized spacial score (nSPS) is 17.0. The van der Waals surface area contributed by atoms with E-state index in [1.165, 1.54) is 32.2 Å². The molecule has 2 aromatic rings. The van der Waals surface area contributed by atoms with Crippen LogP contribution in [0.2, 0.25) is 0 Å². The highest BCUT2D eigenvalue weighted by Gasteiger charge is 2.41. The minimum absolute atomic E-state index is 0.130. The maximum atomic E-state index is 13.3. The van der Waals surface area contributed by atoms with Gasteiger partial charge in [-0.3, -0.25) is 14.5 Å². The maximum Gasteiger partial charge on any atom is 0.328 e. The van der Waals surface area contributed by atoms with Crippen molar-refractivity contribution >= 4 is 35.0 Å². The summed E-state index contributed by atoms with van der Waals surface area (Å²) < 4.78 is 23.5. The standard InChI is InChI=1S/C18H14FNO5S/c1-10(17(22)24-2)20-16(21)15(26-18(20)23)9-13-6-7-14(25-13)11-4-3-5-12(19)8-11/h3-10H,1-2H3/b15-9+/t10-/m1/s1. The molecule has 1 fully saturated rings. The number of rotatable bonds is 4. The van der Waals surface area contributed by atoms with E-state index in [1.807, 2.05) is 0 Å². The van der Waals surface area contributed by atoms with E-state index in [0.29, 0.717) is 28.8 Å². The van der Waals surface area contributed by atoms with Crippen LogP contribution >= 0.6 is 11.8 Å². The van der Waals surface area contributed by atoms with E-state index in [4.69, 9.17) is 4.42 Å². The van der Waals surface area contributed by atoms with Crippen LogP contribution in [0.15, 0.2) is 45.7 Å². The first-order chi connectivity index (χ1) is 12.4. The van der Waals surface area contributed by atoms with Crippen molar-refractivity contribution in [3.63, 3.8) is 0 Å². The molecule has 1 aromatic carbocycles. The lowest BCUT2D eigenvalue weighted by Crippen LogP contribution is -2.42. The summed E-state index contributed by atoms with van der Waals surface area (Å²) in [7, 11) is 1.19. The van der Waals surface area contributed by atoms with Crippen molar-refractivity contribution in [2.75, 3.05) is 7.11 Å². The second-order valence-electron chi connectivity index (χ2n) is 5.46. The monoisotopic (exact) mass is 375 g/mol. The van der Waals surface area contributed by atoms with Crippen molar-refractivity contribution in [2.45, 2.75) is 13.0 Å². The topological polar surface area (TPSA) is 76.8 Å². The van der Waals surface area contributed by atoms with Crippen molar-refractivity contribution in [3.05, 3.63) is 52.9 Å². The number of furan rings is 1. The lowest BCUT2D eigenvalue weighted by Gasteiger charge is -2.18. The van der Waals surface area contributed by atoms with Crippen molar-refractivity contribution in [1.82, 2.24) is 4.90 Å². The first-order valence-electron chi connectivity index (χ1n) is 7.61. The van der Waals surface area contributed by atoms with Gasteiger partial charge in [0.2, 0.25) is 0 Å². The van der Waals surface area contributed by atoms with Gasteiger partial charge >= 0.3 is 5.97 Å². The molecule has 2 heterocycles. The Morgan fingerprint density at radius 3 is 2.77 bits per heavy atom. The van der Waals surface area contributed by atoms with Gasteiger partial charge in [0.15, 0.2) is 0 Å². The summed E-state index contributed by atoms with van der Waals surface area (Å²) in [6, 6.07) is 8.14. The van der Waals surface area contributed by atoms with Gasteiger partial charge in [-0.25, -0.2) is 9.18 Å². The summed E-state index contributed by atoms with van der Waals surface area (Å²) in [6.07, 6.45) is 1.41. The third-order valence-electron chi connectivity index (χ3n) is 3.76. The third kappa shape index (κ3) is 3.41. The average molecular weight is 375 g/mol. The Hall–Kier alpha value is -2.87. The molecular formula is C18H14FNO5S. The van der Waals surface area contributed by atoms with Gasteiger partial charge in [-0.1, -0.05) is 12.1 Å². The zero-order valence-electron chi connectivity index (χ0n) is 13.9. The SMILES string of the molecule is COC(=O)[C@@H](C)N1C(=O)S/C(=C/c2ccc(-c3cccc(F)c3)o2)C1=O. The maximum absolute atomic E-state index is 13.3. The molecule has 1 aromatic heterocycles. The molecule has 26 heavy (non-hydrogen) atoms. The summed E-state index contributed by atoms with van der Waals surface area (Å²) in [6.45, 7) is 1.42. The number of carbonyl (C=O) groups excluding carboxylic acids is 3. The van der Waals surface area contributed by atoms with Crippen molar-refractivity contribution in [1.29, 1.82) is 0 Å². The van der Waals surface area contributed by atoms with E-state index < -0.39 is 29.0 Å². The van der Waals surface area contributed by atoms with Gasteiger partial charge in [0.05, 0.1) is 12.0 Å². The Morgan fingerprint density at radius 2 is 2.08 bits per heavy atom. The number of carbonyl (C=O) groups is 3. The zero-order chi connectivity index (χ0) is 18.8. The molecule has 6 nitrogen and oxygen atoms in total. The molecule has 0 saturated carbocycles. The molecule has 1 atom stereocenters. The van der Waals surface area contributed by atoms with Gasteiger partial charge in [-0.2, -0.15) is 0 Å². The largest absolute Gasteiger partial charge is 0.467 e. The van der Waals surface area contributed by atoms with E-state index in [1.54, 1.807) is 24.3 Å². The number of imide groups is 1. The van der Waals surface area contributed by atoms with Crippen molar-refractivity contribution in [2.24, 2.45) is 0 Å². The molecule has 1 aliphatic heterocycles. The fourth-order valence-electron chi connectivity index (χ4n) is 2.45. The van der Waals surface area contributed by atoms with Crippen LogP contribution in [0.25, 0.3) is 17.4 Å². The number of halogens is 1. The van der Waals surface area contributed by atoms with Crippen LogP contribution in [0.4, 0.5) is 9.18 Å². The van der Waals surface area contributed by atoms with Gasteiger partial charge in [0, 0.05) is 11.6 Å². The molecule has 134 valence electrons. The predicted octanol–water partition coefficient (Wildman–Crippen LogP) is 3.68. The number of hydrogen-bond acceptors (Lipinski definition) is 6. The van der Waals surface area contributed by atoms with Crippen LogP contribution in [0, 0.1) is 5.82 Å². The van der Waals surface area contributed by atoms with Gasteiger partial charge in [0.1, 0.15) is 23.4 Å². The Morgan fingerprint density at radius 1 is 1.31 bits per heavy atom. The number of amides is 2. The highest BCUT2D eigenvalue weighted by molar-refractivity contribution is 8.18. The first-order valence-corrected chi connectivity index (χ1v) is 8.43. The molecule has 0 N–H and O–H groups in total. The quantitative estimate of drug-likeness (QED) is 0.599. The van der Waals surface area contributed by atoms with E-state index in [-0.39, 0.29) is 4.91 Å². The van der Waals surface area contributed by atoms with Gasteiger partial charge in [-0.15, -0.1) is 0 Å². The van der Waals surface area contributed by atoms with Crippen LogP contribution in [0.5, 0.6) is 0 Å². The molecule has 1 saturated heterocycles. The second-order valence-corrected chi connectivity index (χ2v) is 6.46. The number of methoxy groups -OCH3 is 1. The fraction of sp³-hybridized carbons (Fsp3) is 0.167. The van der Waals surface area contributed by atoms with Crippen LogP contribution in [0.3, 0.4) is 0 Å². The molecule has 0 spiro atoms. The molecule has 3 rings (SSSR count). The predicted molar refractivity (Wildman–Crippen MR) is 93.4 cm³/mol. The van der Waals surface area contributed by atoms with Crippen molar-refractivity contribution in [3.8, 4) is 11.3 Å². The number of nitrogens with zero attached hydrogens (tertiary/aromatic N) is 1. The summed E-state index contributed by atoms with van der Waals surface area (Å²) in [5.41, 5.74) is 0.553. The van der Waals surface area contributed by atoms with E-state index in [9.17, 15) is 18.8 Å². The molecule has 8 heteroatoms. The van der Waals surface area contributed by atoms with Gasteiger partial charge in [-0.05, 0) is 43.0 Å². The lowest BCUT2D eigenvalue weighted by molar-refractivity contribution is -0.148. The molecule has 1 aliphatic rings. The summed E-state index contributed by atoms with van der Waals surface area (Å²) in [5.74, 6) is -0.904. The highest BCUT2D eigenvalue weighted by Crippen LogP contribution is 2.34. The smallest absolute Gasteiger partial charge is 0.328 e. The van der Waals surface area contributed by atoms with E-state index >= 15 is 0 Å². The number of hydrogen-bond donors (Lipinski definition) is 0. The van der Waals surface area contributed by atoms with Crippen LogP contribution in [-0.4, -0.2) is 35.2 Å². The average Bonchev–Trinajstić information content (AvgIpc) is 3.19. The molecule has 0 bridgehead atoms.